The number of benzene rings is 8. The van der Waals surface area contributed by atoms with Crippen LogP contribution < -0.4 is 0 Å². The van der Waals surface area contributed by atoms with Crippen molar-refractivity contribution in [2.45, 2.75) is 0 Å². The molecule has 0 saturated heterocycles. The molecule has 0 N–H and O–H groups in total. The molecule has 0 aliphatic rings. The summed E-state index contributed by atoms with van der Waals surface area (Å²) in [5, 5.41) is 12.6. The molecule has 0 radical (unpaired) electrons. The summed E-state index contributed by atoms with van der Waals surface area (Å²) in [6, 6.07) is 56.0. The topological polar surface area (TPSA) is 51.6 Å². The van der Waals surface area contributed by atoms with Gasteiger partial charge in [0.25, 0.3) is 0 Å². The van der Waals surface area contributed by atoms with E-state index in [2.05, 4.69) is 138 Å². The van der Waals surface area contributed by atoms with Gasteiger partial charge in [-0.1, -0.05) is 133 Å². The second kappa shape index (κ2) is 11.9. The maximum Gasteiger partial charge on any atom is 0.164 e. The molecule has 0 spiro atoms. The fourth-order valence-electron chi connectivity index (χ4n) is 7.91. The number of hydrogen-bond acceptors (Lipinski definition) is 5. The minimum atomic E-state index is 0.636. The van der Waals surface area contributed by atoms with E-state index in [1.165, 1.54) is 57.9 Å². The zero-order valence-corrected chi connectivity index (χ0v) is 29.2. The van der Waals surface area contributed by atoms with Crippen LogP contribution in [0.2, 0.25) is 0 Å². The minimum absolute atomic E-state index is 0.636. The zero-order chi connectivity index (χ0) is 34.9. The second-order valence-electron chi connectivity index (χ2n) is 13.4. The molecule has 0 unspecified atom stereocenters. The van der Waals surface area contributed by atoms with Crippen molar-refractivity contribution in [3.05, 3.63) is 170 Å². The van der Waals surface area contributed by atoms with Crippen LogP contribution in [-0.2, 0) is 0 Å². The summed E-state index contributed by atoms with van der Waals surface area (Å²) in [6.07, 6.45) is 3.67. The lowest BCUT2D eigenvalue weighted by atomic mass is 9.92. The van der Waals surface area contributed by atoms with Crippen LogP contribution >= 0.6 is 11.3 Å². The summed E-state index contributed by atoms with van der Waals surface area (Å²) < 4.78 is 2.48. The van der Waals surface area contributed by atoms with E-state index >= 15 is 0 Å². The van der Waals surface area contributed by atoms with Crippen LogP contribution in [0.3, 0.4) is 0 Å². The van der Waals surface area contributed by atoms with Gasteiger partial charge in [-0.05, 0) is 78.5 Å². The van der Waals surface area contributed by atoms with Crippen LogP contribution in [-0.4, -0.2) is 19.9 Å². The molecule has 4 nitrogen and oxygen atoms in total. The van der Waals surface area contributed by atoms with E-state index in [1.807, 2.05) is 41.8 Å². The average molecular weight is 693 g/mol. The Morgan fingerprint density at radius 3 is 1.53 bits per heavy atom. The number of hydrogen-bond donors (Lipinski definition) is 0. The van der Waals surface area contributed by atoms with Gasteiger partial charge in [-0.3, -0.25) is 4.98 Å². The maximum absolute atomic E-state index is 5.20. The Balaban J connectivity index is 1.16. The first-order chi connectivity index (χ1) is 26.3. The molecular weight excluding hydrogens is 665 g/mol. The van der Waals surface area contributed by atoms with E-state index in [9.17, 15) is 0 Å². The molecule has 246 valence electrons. The smallest absolute Gasteiger partial charge is 0.164 e. The number of fused-ring (bicyclic) bond motifs is 11. The summed E-state index contributed by atoms with van der Waals surface area (Å²) >= 11 is 1.84. The average Bonchev–Trinajstić information content (AvgIpc) is 3.61. The van der Waals surface area contributed by atoms with E-state index in [0.717, 1.165) is 33.2 Å². The molecule has 8 aromatic carbocycles. The van der Waals surface area contributed by atoms with Gasteiger partial charge in [0, 0.05) is 49.3 Å². The monoisotopic (exact) mass is 692 g/mol. The highest BCUT2D eigenvalue weighted by Crippen LogP contribution is 2.46. The van der Waals surface area contributed by atoms with Crippen LogP contribution in [0, 0.1) is 0 Å². The van der Waals surface area contributed by atoms with Gasteiger partial charge < -0.3 is 0 Å². The lowest BCUT2D eigenvalue weighted by Gasteiger charge is -2.12. The van der Waals surface area contributed by atoms with Crippen LogP contribution in [0.15, 0.2) is 170 Å². The molecule has 0 amide bonds. The van der Waals surface area contributed by atoms with Gasteiger partial charge in [-0.25, -0.2) is 15.0 Å². The van der Waals surface area contributed by atoms with Crippen molar-refractivity contribution < 1.29 is 0 Å². The quantitative estimate of drug-likeness (QED) is 0.172. The highest BCUT2D eigenvalue weighted by molar-refractivity contribution is 7.26. The molecule has 0 fully saturated rings. The van der Waals surface area contributed by atoms with Crippen LogP contribution in [0.4, 0.5) is 0 Å². The lowest BCUT2D eigenvalue weighted by Crippen LogP contribution is -2.00. The Hall–Kier alpha value is -6.82. The summed E-state index contributed by atoms with van der Waals surface area (Å²) in [5.41, 5.74) is 5.03. The molecular formula is C48H28N4S. The van der Waals surface area contributed by atoms with Crippen LogP contribution in [0.1, 0.15) is 0 Å². The second-order valence-corrected chi connectivity index (χ2v) is 14.5. The van der Waals surface area contributed by atoms with Gasteiger partial charge in [0.1, 0.15) is 0 Å². The van der Waals surface area contributed by atoms with Gasteiger partial charge >= 0.3 is 0 Å². The SMILES string of the molecule is c1ccc(-c2nc(-c3ccc(-c4cccnc4)cc3)nc(-c3cc4sc5cc6c7ccccc7c7ccccc7c6cc5c4c4ccccc34)n2)cc1. The molecule has 5 heteroatoms. The molecule has 3 aromatic heterocycles. The lowest BCUT2D eigenvalue weighted by molar-refractivity contribution is 1.08. The summed E-state index contributed by atoms with van der Waals surface area (Å²) in [7, 11) is 0. The molecule has 0 aliphatic carbocycles. The molecule has 11 aromatic rings. The summed E-state index contributed by atoms with van der Waals surface area (Å²) in [6.45, 7) is 0. The Morgan fingerprint density at radius 1 is 0.340 bits per heavy atom. The van der Waals surface area contributed by atoms with Crippen molar-refractivity contribution in [1.82, 2.24) is 19.9 Å². The molecule has 0 saturated carbocycles. The molecule has 3 heterocycles. The Bertz CT molecular complexity index is 3210. The standard InChI is InChI=1S/C48H28N4S/c1-2-11-30(12-3-1)46-50-47(31-22-20-29(21-23-31)32-13-10-24-49-28-32)52-48(51-46)41-27-44-45(38-19-9-8-18-37(38)41)42-25-39-35-16-6-4-14-33(35)34-15-5-7-17-36(34)40(39)26-43(42)53-44/h1-28H. The fraction of sp³-hybridized carbons (Fsp3) is 0. The van der Waals surface area contributed by atoms with E-state index in [4.69, 9.17) is 15.0 Å². The number of aromatic nitrogens is 4. The Kier molecular flexibility index (Phi) is 6.69. The van der Waals surface area contributed by atoms with Crippen molar-refractivity contribution in [3.8, 4) is 45.3 Å². The highest BCUT2D eigenvalue weighted by Gasteiger charge is 2.19. The van der Waals surface area contributed by atoms with Crippen molar-refractivity contribution >= 4 is 74.6 Å². The number of thiophene rings is 1. The normalized spacial score (nSPS) is 11.8. The predicted molar refractivity (Wildman–Crippen MR) is 222 cm³/mol. The first kappa shape index (κ1) is 29.9. The summed E-state index contributed by atoms with van der Waals surface area (Å²) in [4.78, 5) is 19.7. The molecule has 53 heavy (non-hydrogen) atoms. The minimum Gasteiger partial charge on any atom is -0.264 e. The number of nitrogens with zero attached hydrogens (tertiary/aromatic N) is 4. The number of rotatable bonds is 4. The molecule has 0 atom stereocenters. The van der Waals surface area contributed by atoms with Gasteiger partial charge in [0.2, 0.25) is 0 Å². The molecule has 0 bridgehead atoms. The van der Waals surface area contributed by atoms with E-state index < -0.39 is 0 Å². The first-order valence-corrected chi connectivity index (χ1v) is 18.5. The van der Waals surface area contributed by atoms with E-state index in [0.29, 0.717) is 17.5 Å². The van der Waals surface area contributed by atoms with E-state index in [-0.39, 0.29) is 0 Å². The third-order valence-corrected chi connectivity index (χ3v) is 11.5. The van der Waals surface area contributed by atoms with Crippen molar-refractivity contribution in [3.63, 3.8) is 0 Å². The van der Waals surface area contributed by atoms with Gasteiger partial charge in [-0.15, -0.1) is 11.3 Å². The zero-order valence-electron chi connectivity index (χ0n) is 28.4. The fourth-order valence-corrected chi connectivity index (χ4v) is 9.09. The Labute approximate surface area is 308 Å². The van der Waals surface area contributed by atoms with Crippen LogP contribution in [0.25, 0.3) is 109 Å². The summed E-state index contributed by atoms with van der Waals surface area (Å²) in [5.74, 6) is 1.94. The van der Waals surface area contributed by atoms with Crippen molar-refractivity contribution in [2.24, 2.45) is 0 Å². The Morgan fingerprint density at radius 2 is 0.868 bits per heavy atom. The van der Waals surface area contributed by atoms with Crippen LogP contribution in [0.5, 0.6) is 0 Å². The molecule has 11 rings (SSSR count). The first-order valence-electron chi connectivity index (χ1n) is 17.7. The largest absolute Gasteiger partial charge is 0.264 e. The third kappa shape index (κ3) is 4.82. The third-order valence-electron chi connectivity index (χ3n) is 10.4. The predicted octanol–water partition coefficient (Wildman–Crippen LogP) is 12.9. The highest BCUT2D eigenvalue weighted by atomic mass is 32.1. The molecule has 0 aliphatic heterocycles. The number of pyridine rings is 1. The van der Waals surface area contributed by atoms with Gasteiger partial charge in [-0.2, -0.15) is 0 Å². The maximum atomic E-state index is 5.20. The van der Waals surface area contributed by atoms with Crippen molar-refractivity contribution in [2.75, 3.05) is 0 Å². The van der Waals surface area contributed by atoms with Crippen molar-refractivity contribution in [1.29, 1.82) is 0 Å². The van der Waals surface area contributed by atoms with E-state index in [1.54, 1.807) is 6.20 Å². The van der Waals surface area contributed by atoms with Gasteiger partial charge in [0.05, 0.1) is 0 Å². The van der Waals surface area contributed by atoms with Gasteiger partial charge in [0.15, 0.2) is 17.5 Å².